The Hall–Kier alpha value is -3.82. The van der Waals surface area contributed by atoms with Crippen molar-refractivity contribution in [2.75, 3.05) is 25.6 Å². The second-order valence-corrected chi connectivity index (χ2v) is 7.98. The van der Waals surface area contributed by atoms with Crippen LogP contribution in [-0.4, -0.2) is 53.7 Å². The third kappa shape index (κ3) is 5.75. The molecule has 3 aromatic rings. The number of anilines is 2. The molecule has 0 aliphatic carbocycles. The van der Waals surface area contributed by atoms with Gasteiger partial charge < -0.3 is 14.4 Å². The van der Waals surface area contributed by atoms with E-state index in [0.29, 0.717) is 12.2 Å². The summed E-state index contributed by atoms with van der Waals surface area (Å²) in [6.07, 6.45) is 2.53. The summed E-state index contributed by atoms with van der Waals surface area (Å²) in [5.41, 5.74) is 1.11. The second-order valence-electron chi connectivity index (χ2n) is 7.98. The van der Waals surface area contributed by atoms with Crippen molar-refractivity contribution in [2.24, 2.45) is 4.99 Å². The van der Waals surface area contributed by atoms with Gasteiger partial charge in [0.1, 0.15) is 0 Å². The van der Waals surface area contributed by atoms with Crippen molar-refractivity contribution in [1.29, 1.82) is 0 Å². The van der Waals surface area contributed by atoms with Crippen LogP contribution in [0.4, 0.5) is 17.2 Å². The standard InChI is InChI=1S/C25H27N5O4/c1-28(2)18-26-21-15-16-29(25(32)27-21)23-17-33-24(34-23)14-13-22(31)30(19-9-5-3-6-10-19)20-11-7-4-8-12-20/h3-12,15-16,18,23-24H,13-14,17H2,1-2H3/t23-,24-/m0/s1. The number of nitrogens with zero attached hydrogens (tertiary/aromatic N) is 5. The smallest absolute Gasteiger partial charge is 0.351 e. The van der Waals surface area contributed by atoms with E-state index in [9.17, 15) is 9.59 Å². The first-order chi connectivity index (χ1) is 16.5. The maximum atomic E-state index is 13.2. The monoisotopic (exact) mass is 461 g/mol. The fraction of sp³-hybridized carbons (Fsp3) is 0.280. The fourth-order valence-corrected chi connectivity index (χ4v) is 3.55. The molecule has 1 aliphatic heterocycles. The quantitative estimate of drug-likeness (QED) is 0.377. The molecule has 0 bridgehead atoms. The highest BCUT2D eigenvalue weighted by Gasteiger charge is 2.29. The summed E-state index contributed by atoms with van der Waals surface area (Å²) < 4.78 is 13.0. The van der Waals surface area contributed by atoms with Gasteiger partial charge in [-0.05, 0) is 30.3 Å². The van der Waals surface area contributed by atoms with E-state index >= 15 is 0 Å². The Morgan fingerprint density at radius 3 is 2.32 bits per heavy atom. The van der Waals surface area contributed by atoms with Gasteiger partial charge in [0.05, 0.1) is 12.9 Å². The van der Waals surface area contributed by atoms with Gasteiger partial charge in [-0.1, -0.05) is 36.4 Å². The molecule has 0 spiro atoms. The molecule has 1 fully saturated rings. The zero-order valence-corrected chi connectivity index (χ0v) is 19.2. The molecule has 2 aromatic carbocycles. The van der Waals surface area contributed by atoms with Crippen LogP contribution in [0.5, 0.6) is 0 Å². The Morgan fingerprint density at radius 2 is 1.74 bits per heavy atom. The maximum absolute atomic E-state index is 13.2. The summed E-state index contributed by atoms with van der Waals surface area (Å²) in [5, 5.41) is 0. The van der Waals surface area contributed by atoms with Crippen LogP contribution in [0, 0.1) is 0 Å². The van der Waals surface area contributed by atoms with Gasteiger partial charge in [-0.3, -0.25) is 14.3 Å². The van der Waals surface area contributed by atoms with E-state index in [0.717, 1.165) is 11.4 Å². The normalized spacial score (nSPS) is 17.7. The minimum Gasteiger partial charge on any atom is -0.369 e. The highest BCUT2D eigenvalue weighted by atomic mass is 16.7. The molecule has 2 atom stereocenters. The van der Waals surface area contributed by atoms with E-state index in [2.05, 4.69) is 9.98 Å². The second kappa shape index (κ2) is 10.9. The van der Waals surface area contributed by atoms with Gasteiger partial charge in [-0.25, -0.2) is 9.79 Å². The molecule has 0 saturated carbocycles. The van der Waals surface area contributed by atoms with Gasteiger partial charge >= 0.3 is 5.69 Å². The van der Waals surface area contributed by atoms with Crippen LogP contribution in [0.1, 0.15) is 19.1 Å². The number of amides is 1. The van der Waals surface area contributed by atoms with Crippen LogP contribution in [0.15, 0.2) is 82.7 Å². The molecule has 34 heavy (non-hydrogen) atoms. The number of rotatable bonds is 8. The van der Waals surface area contributed by atoms with Crippen molar-refractivity contribution in [2.45, 2.75) is 25.4 Å². The largest absolute Gasteiger partial charge is 0.369 e. The first kappa shape index (κ1) is 23.3. The molecule has 1 aliphatic rings. The summed E-state index contributed by atoms with van der Waals surface area (Å²) in [5.74, 6) is 0.243. The molecular formula is C25H27N5O4. The predicted octanol–water partition coefficient (Wildman–Crippen LogP) is 3.48. The van der Waals surface area contributed by atoms with Gasteiger partial charge in [0.2, 0.25) is 5.91 Å². The van der Waals surface area contributed by atoms with E-state index in [1.807, 2.05) is 74.8 Å². The van der Waals surface area contributed by atoms with Crippen LogP contribution in [0.25, 0.3) is 0 Å². The van der Waals surface area contributed by atoms with Crippen molar-refractivity contribution in [3.8, 4) is 0 Å². The first-order valence-electron chi connectivity index (χ1n) is 11.0. The molecular weight excluding hydrogens is 434 g/mol. The molecule has 0 radical (unpaired) electrons. The van der Waals surface area contributed by atoms with E-state index in [-0.39, 0.29) is 18.9 Å². The molecule has 1 aromatic heterocycles. The van der Waals surface area contributed by atoms with Gasteiger partial charge in [0.25, 0.3) is 0 Å². The lowest BCUT2D eigenvalue weighted by atomic mass is 10.2. The number of ether oxygens (including phenoxy) is 2. The molecule has 176 valence electrons. The van der Waals surface area contributed by atoms with Gasteiger partial charge in [0.15, 0.2) is 18.3 Å². The topological polar surface area (TPSA) is 89.3 Å². The van der Waals surface area contributed by atoms with Crippen molar-refractivity contribution in [1.82, 2.24) is 14.5 Å². The fourth-order valence-electron chi connectivity index (χ4n) is 3.55. The van der Waals surface area contributed by atoms with Crippen molar-refractivity contribution < 1.29 is 14.3 Å². The average Bonchev–Trinajstić information content (AvgIpc) is 3.32. The third-order valence-electron chi connectivity index (χ3n) is 5.15. The molecule has 9 nitrogen and oxygen atoms in total. The average molecular weight is 462 g/mol. The van der Waals surface area contributed by atoms with Crippen LogP contribution in [-0.2, 0) is 14.3 Å². The molecule has 0 unspecified atom stereocenters. The van der Waals surface area contributed by atoms with E-state index in [1.165, 1.54) is 4.57 Å². The number of carbonyl (C=O) groups is 1. The number of benzene rings is 2. The Morgan fingerprint density at radius 1 is 1.09 bits per heavy atom. The Balaban J connectivity index is 1.39. The minimum atomic E-state index is -0.605. The summed E-state index contributed by atoms with van der Waals surface area (Å²) in [6.45, 7) is 0.196. The van der Waals surface area contributed by atoms with Crippen LogP contribution in [0.3, 0.4) is 0 Å². The summed E-state index contributed by atoms with van der Waals surface area (Å²) in [4.78, 5) is 37.1. The SMILES string of the molecule is CN(C)C=Nc1ccn([C@@H]2CO[C@H](CCC(=O)N(c3ccccc3)c3ccccc3)O2)c(=O)n1. The lowest BCUT2D eigenvalue weighted by Crippen LogP contribution is -2.28. The third-order valence-corrected chi connectivity index (χ3v) is 5.15. The summed E-state index contributed by atoms with van der Waals surface area (Å²) in [6, 6.07) is 20.6. The lowest BCUT2D eigenvalue weighted by molar-refractivity contribution is -0.121. The van der Waals surface area contributed by atoms with E-state index in [1.54, 1.807) is 28.4 Å². The van der Waals surface area contributed by atoms with Crippen molar-refractivity contribution in [3.63, 3.8) is 0 Å². The van der Waals surface area contributed by atoms with Crippen LogP contribution < -0.4 is 10.6 Å². The number of hydrogen-bond donors (Lipinski definition) is 0. The maximum Gasteiger partial charge on any atom is 0.351 e. The molecule has 0 N–H and O–H groups in total. The van der Waals surface area contributed by atoms with Crippen LogP contribution >= 0.6 is 0 Å². The molecule has 4 rings (SSSR count). The number of para-hydroxylation sites is 2. The van der Waals surface area contributed by atoms with Gasteiger partial charge in [-0.15, -0.1) is 0 Å². The zero-order chi connectivity index (χ0) is 23.9. The van der Waals surface area contributed by atoms with Gasteiger partial charge in [0, 0.05) is 44.5 Å². The number of aliphatic imine (C=N–C) groups is 1. The Labute approximate surface area is 197 Å². The first-order valence-corrected chi connectivity index (χ1v) is 11.0. The van der Waals surface area contributed by atoms with Gasteiger partial charge in [-0.2, -0.15) is 4.98 Å². The molecule has 1 saturated heterocycles. The Bertz CT molecular complexity index is 1140. The highest BCUT2D eigenvalue weighted by molar-refractivity contribution is 6.00. The number of hydrogen-bond acceptors (Lipinski definition) is 6. The highest BCUT2D eigenvalue weighted by Crippen LogP contribution is 2.28. The Kier molecular flexibility index (Phi) is 7.46. The minimum absolute atomic E-state index is 0.0741. The number of aromatic nitrogens is 2. The zero-order valence-electron chi connectivity index (χ0n) is 19.2. The lowest BCUT2D eigenvalue weighted by Gasteiger charge is -2.23. The molecule has 9 heteroatoms. The predicted molar refractivity (Wildman–Crippen MR) is 129 cm³/mol. The molecule has 2 heterocycles. The van der Waals surface area contributed by atoms with E-state index < -0.39 is 18.2 Å². The van der Waals surface area contributed by atoms with Crippen molar-refractivity contribution in [3.05, 3.63) is 83.4 Å². The molecule has 1 amide bonds. The number of carbonyl (C=O) groups excluding carboxylic acids is 1. The van der Waals surface area contributed by atoms with Crippen molar-refractivity contribution >= 4 is 29.4 Å². The summed E-state index contributed by atoms with van der Waals surface area (Å²) >= 11 is 0. The van der Waals surface area contributed by atoms with Crippen LogP contribution in [0.2, 0.25) is 0 Å². The summed E-state index contributed by atoms with van der Waals surface area (Å²) in [7, 11) is 3.66. The van der Waals surface area contributed by atoms with E-state index in [4.69, 9.17) is 9.47 Å².